The molecule has 0 amide bonds. The van der Waals surface area contributed by atoms with Gasteiger partial charge in [-0.1, -0.05) is 34.4 Å². The summed E-state index contributed by atoms with van der Waals surface area (Å²) in [6.45, 7) is 3.68. The van der Waals surface area contributed by atoms with Crippen LogP contribution in [0, 0.1) is 11.6 Å². The first-order valence-electron chi connectivity index (χ1n) is 12.0. The zero-order valence-corrected chi connectivity index (χ0v) is 22.1. The summed E-state index contributed by atoms with van der Waals surface area (Å²) in [5.41, 5.74) is 0.459. The van der Waals surface area contributed by atoms with Crippen molar-refractivity contribution < 1.29 is 13.6 Å². The smallest absolute Gasteiger partial charge is 0.255 e. The quantitative estimate of drug-likeness (QED) is 0.286. The maximum Gasteiger partial charge on any atom is 0.255 e. The van der Waals surface area contributed by atoms with Gasteiger partial charge in [-0.3, -0.25) is 9.36 Å². The van der Waals surface area contributed by atoms with Gasteiger partial charge in [0.25, 0.3) is 5.56 Å². The lowest BCUT2D eigenvalue weighted by atomic mass is 10.0. The summed E-state index contributed by atoms with van der Waals surface area (Å²) < 4.78 is 29.8. The molecule has 1 saturated heterocycles. The minimum atomic E-state index is -0.797. The monoisotopic (exact) mass is 548 g/mol. The minimum absolute atomic E-state index is 0.0419. The van der Waals surface area contributed by atoms with Crippen molar-refractivity contribution in [2.75, 3.05) is 40.3 Å². The zero-order chi connectivity index (χ0) is 26.5. The van der Waals surface area contributed by atoms with Gasteiger partial charge in [0.2, 0.25) is 0 Å². The van der Waals surface area contributed by atoms with Crippen LogP contribution in [0.15, 0.2) is 64.7 Å². The fraction of sp³-hybridized carbons (Fsp3) is 0.333. The Morgan fingerprint density at radius 3 is 2.43 bits per heavy atom. The zero-order valence-electron chi connectivity index (χ0n) is 20.6. The second-order valence-electron chi connectivity index (χ2n) is 9.21. The molecule has 196 valence electrons. The molecule has 0 bridgehead atoms. The van der Waals surface area contributed by atoms with Crippen molar-refractivity contribution in [3.63, 3.8) is 0 Å². The summed E-state index contributed by atoms with van der Waals surface area (Å²) in [4.78, 5) is 23.1. The predicted octanol–water partition coefficient (Wildman–Crippen LogP) is 5.22. The number of rotatable bonds is 8. The number of benzene rings is 2. The molecule has 0 unspecified atom stereocenters. The Bertz CT molecular complexity index is 1320. The van der Waals surface area contributed by atoms with Crippen LogP contribution >= 0.6 is 23.2 Å². The van der Waals surface area contributed by atoms with Crippen molar-refractivity contribution in [1.29, 1.82) is 0 Å². The molecule has 4 rings (SSSR count). The summed E-state index contributed by atoms with van der Waals surface area (Å²) in [5.74, 6) is -1.51. The minimum Gasteiger partial charge on any atom is -0.392 e. The first-order valence-corrected chi connectivity index (χ1v) is 12.7. The van der Waals surface area contributed by atoms with E-state index in [1.54, 1.807) is 18.2 Å². The highest BCUT2D eigenvalue weighted by Gasteiger charge is 2.22. The highest BCUT2D eigenvalue weighted by molar-refractivity contribution is 6.37. The van der Waals surface area contributed by atoms with Gasteiger partial charge < -0.3 is 14.6 Å². The lowest BCUT2D eigenvalue weighted by molar-refractivity contribution is 0.0101. The Morgan fingerprint density at radius 1 is 1.08 bits per heavy atom. The van der Waals surface area contributed by atoms with Gasteiger partial charge >= 0.3 is 0 Å². The summed E-state index contributed by atoms with van der Waals surface area (Å²) in [7, 11) is 4.09. The molecule has 0 radical (unpaired) electrons. The lowest BCUT2D eigenvalue weighted by Crippen LogP contribution is -2.40. The topological polar surface area (TPSA) is 50.1 Å². The van der Waals surface area contributed by atoms with Gasteiger partial charge in [-0.25, -0.2) is 8.78 Å². The van der Waals surface area contributed by atoms with Gasteiger partial charge in [-0.2, -0.15) is 0 Å². The number of nitrogens with zero attached hydrogens (tertiary/aromatic N) is 4. The first kappa shape index (κ1) is 27.3. The molecule has 1 aliphatic rings. The Labute approximate surface area is 224 Å². The number of likely N-dealkylation sites (N-methyl/N-ethyl adjacent to an activating group) is 1. The standard InChI is InChI=1S/C27H28Cl2F2N4O2/c1-33(2)14-15-34-12-10-20(11-13-34)37-32-26(21-8-7-19(30)16-24(21)31)18-6-9-25(36)35(17-18)27-22(28)4-3-5-23(27)29/h3-9,16-17,20H,10-15H2,1-2H3/b32-26+. The molecule has 6 nitrogen and oxygen atoms in total. The Kier molecular flexibility index (Phi) is 8.97. The van der Waals surface area contributed by atoms with Crippen molar-refractivity contribution in [2.24, 2.45) is 5.16 Å². The summed E-state index contributed by atoms with van der Waals surface area (Å²) in [6, 6.07) is 11.0. The summed E-state index contributed by atoms with van der Waals surface area (Å²) in [6.07, 6.45) is 2.86. The van der Waals surface area contributed by atoms with Gasteiger partial charge in [-0.15, -0.1) is 0 Å². The van der Waals surface area contributed by atoms with Crippen molar-refractivity contribution >= 4 is 28.9 Å². The Balaban J connectivity index is 1.66. The van der Waals surface area contributed by atoms with Crippen LogP contribution in [0.5, 0.6) is 0 Å². The molecule has 1 aromatic heterocycles. The fourth-order valence-corrected chi connectivity index (χ4v) is 4.75. The van der Waals surface area contributed by atoms with E-state index in [1.807, 2.05) is 14.1 Å². The maximum atomic E-state index is 14.9. The van der Waals surface area contributed by atoms with Crippen molar-refractivity contribution in [1.82, 2.24) is 14.4 Å². The first-order chi connectivity index (χ1) is 17.7. The summed E-state index contributed by atoms with van der Waals surface area (Å²) >= 11 is 12.7. The number of oxime groups is 1. The average molecular weight is 549 g/mol. The van der Waals surface area contributed by atoms with E-state index in [1.165, 1.54) is 29.0 Å². The molecule has 10 heteroatoms. The highest BCUT2D eigenvalue weighted by Crippen LogP contribution is 2.28. The molecule has 2 heterocycles. The summed E-state index contributed by atoms with van der Waals surface area (Å²) in [5, 5.41) is 4.88. The van der Waals surface area contributed by atoms with E-state index >= 15 is 0 Å². The normalized spacial score (nSPS) is 15.4. The third kappa shape index (κ3) is 6.76. The predicted molar refractivity (Wildman–Crippen MR) is 143 cm³/mol. The van der Waals surface area contributed by atoms with E-state index in [0.29, 0.717) is 11.3 Å². The van der Waals surface area contributed by atoms with Crippen molar-refractivity contribution in [2.45, 2.75) is 18.9 Å². The largest absolute Gasteiger partial charge is 0.392 e. The second kappa shape index (κ2) is 12.2. The molecule has 0 spiro atoms. The van der Waals surface area contributed by atoms with Crippen molar-refractivity contribution in [3.8, 4) is 5.69 Å². The van der Waals surface area contributed by atoms with Crippen LogP contribution < -0.4 is 5.56 Å². The molecule has 1 aliphatic heterocycles. The number of hydrogen-bond acceptors (Lipinski definition) is 5. The highest BCUT2D eigenvalue weighted by atomic mass is 35.5. The van der Waals surface area contributed by atoms with Gasteiger partial charge in [0, 0.05) is 55.6 Å². The van der Waals surface area contributed by atoms with Crippen LogP contribution in [0.1, 0.15) is 24.0 Å². The van der Waals surface area contributed by atoms with Crippen LogP contribution in [0.25, 0.3) is 5.69 Å². The van der Waals surface area contributed by atoms with Crippen molar-refractivity contribution in [3.05, 3.63) is 97.9 Å². The number of likely N-dealkylation sites (tertiary alicyclic amines) is 1. The number of para-hydroxylation sites is 1. The Morgan fingerprint density at radius 2 is 1.78 bits per heavy atom. The maximum absolute atomic E-state index is 14.9. The number of hydrogen-bond donors (Lipinski definition) is 0. The average Bonchev–Trinajstić information content (AvgIpc) is 2.86. The van der Waals surface area contributed by atoms with Gasteiger partial charge in [-0.05, 0) is 57.3 Å². The fourth-order valence-electron chi connectivity index (χ4n) is 4.17. The van der Waals surface area contributed by atoms with Crippen LogP contribution in [0.2, 0.25) is 10.0 Å². The molecule has 37 heavy (non-hydrogen) atoms. The third-order valence-electron chi connectivity index (χ3n) is 6.24. The molecular formula is C27H28Cl2F2N4O2. The molecule has 3 aromatic rings. The molecule has 0 atom stereocenters. The Hall–Kier alpha value is -2.78. The second-order valence-corrected chi connectivity index (χ2v) is 10.0. The number of aromatic nitrogens is 1. The van der Waals surface area contributed by atoms with Crippen LogP contribution in [0.4, 0.5) is 8.78 Å². The van der Waals surface area contributed by atoms with E-state index in [2.05, 4.69) is 15.0 Å². The van der Waals surface area contributed by atoms with Gasteiger partial charge in [0.15, 0.2) is 0 Å². The SMILES string of the molecule is CN(C)CCN1CCC(O/N=C(\c2ccc(=O)n(-c3c(Cl)cccc3Cl)c2)c2ccc(F)cc2F)CC1. The van der Waals surface area contributed by atoms with Gasteiger partial charge in [0.1, 0.15) is 23.5 Å². The molecule has 0 N–H and O–H groups in total. The third-order valence-corrected chi connectivity index (χ3v) is 6.85. The van der Waals surface area contributed by atoms with E-state index in [-0.39, 0.29) is 33.0 Å². The van der Waals surface area contributed by atoms with E-state index in [9.17, 15) is 13.6 Å². The molecule has 0 saturated carbocycles. The number of pyridine rings is 1. The van der Waals surface area contributed by atoms with E-state index < -0.39 is 11.6 Å². The molecule has 0 aliphatic carbocycles. The number of halogens is 4. The van der Waals surface area contributed by atoms with Crippen LogP contribution in [-0.4, -0.2) is 66.5 Å². The van der Waals surface area contributed by atoms with Crippen LogP contribution in [0.3, 0.4) is 0 Å². The molecule has 2 aromatic carbocycles. The van der Waals surface area contributed by atoms with E-state index in [4.69, 9.17) is 28.0 Å². The van der Waals surface area contributed by atoms with E-state index in [0.717, 1.165) is 51.2 Å². The van der Waals surface area contributed by atoms with Crippen LogP contribution in [-0.2, 0) is 4.84 Å². The lowest BCUT2D eigenvalue weighted by Gasteiger charge is -2.31. The van der Waals surface area contributed by atoms with Gasteiger partial charge in [0.05, 0.1) is 15.7 Å². The molecular weight excluding hydrogens is 521 g/mol. The number of piperidine rings is 1. The molecule has 1 fully saturated rings.